The molecule has 2 fully saturated rings. The van der Waals surface area contributed by atoms with Gasteiger partial charge in [0.25, 0.3) is 5.91 Å². The van der Waals surface area contributed by atoms with E-state index in [0.29, 0.717) is 37.1 Å². The van der Waals surface area contributed by atoms with E-state index >= 15 is 0 Å². The molecule has 2 saturated heterocycles. The Hall–Kier alpha value is -0.990. The van der Waals surface area contributed by atoms with Gasteiger partial charge >= 0.3 is 0 Å². The van der Waals surface area contributed by atoms with Crippen molar-refractivity contribution in [3.63, 3.8) is 0 Å². The quantitative estimate of drug-likeness (QED) is 0.749. The minimum Gasteiger partial charge on any atom is -0.336 e. The van der Waals surface area contributed by atoms with E-state index in [9.17, 15) is 17.6 Å². The van der Waals surface area contributed by atoms with Crippen LogP contribution in [-0.4, -0.2) is 67.9 Å². The third kappa shape index (κ3) is 3.75. The Bertz CT molecular complexity index is 717. The number of benzene rings is 1. The molecular formula is C15H18BrFN2O3S. The second kappa shape index (κ2) is 6.49. The molecule has 3 rings (SSSR count). The predicted octanol–water partition coefficient (Wildman–Crippen LogP) is 1.53. The van der Waals surface area contributed by atoms with E-state index in [1.165, 1.54) is 12.1 Å². The molecule has 1 aromatic carbocycles. The summed E-state index contributed by atoms with van der Waals surface area (Å²) in [6.45, 7) is 2.23. The Morgan fingerprint density at radius 3 is 2.52 bits per heavy atom. The molecule has 0 aromatic heterocycles. The molecule has 0 N–H and O–H groups in total. The van der Waals surface area contributed by atoms with Crippen LogP contribution in [0.25, 0.3) is 0 Å². The highest BCUT2D eigenvalue weighted by Gasteiger charge is 2.34. The third-order valence-corrected chi connectivity index (χ3v) is 6.73. The van der Waals surface area contributed by atoms with Gasteiger partial charge in [-0.15, -0.1) is 0 Å². The molecule has 5 nitrogen and oxygen atoms in total. The number of nitrogens with zero attached hydrogens (tertiary/aromatic N) is 2. The maximum absolute atomic E-state index is 13.8. The molecule has 0 spiro atoms. The van der Waals surface area contributed by atoms with E-state index in [0.717, 1.165) is 0 Å². The summed E-state index contributed by atoms with van der Waals surface area (Å²) in [7, 11) is -2.91. The largest absolute Gasteiger partial charge is 0.336 e. The van der Waals surface area contributed by atoms with E-state index in [-0.39, 0.29) is 29.0 Å². The summed E-state index contributed by atoms with van der Waals surface area (Å²) < 4.78 is 37.6. The van der Waals surface area contributed by atoms with Crippen LogP contribution in [0.15, 0.2) is 22.7 Å². The van der Waals surface area contributed by atoms with Gasteiger partial charge in [-0.25, -0.2) is 12.8 Å². The molecule has 1 aromatic rings. The van der Waals surface area contributed by atoms with Gasteiger partial charge in [-0.1, -0.05) is 15.9 Å². The second-order valence-corrected chi connectivity index (χ2v) is 9.15. The van der Waals surface area contributed by atoms with Crippen molar-refractivity contribution < 1.29 is 17.6 Å². The van der Waals surface area contributed by atoms with Gasteiger partial charge in [0, 0.05) is 36.7 Å². The number of carbonyl (C=O) groups is 1. The summed E-state index contributed by atoms with van der Waals surface area (Å²) in [4.78, 5) is 16.2. The number of halogens is 2. The zero-order chi connectivity index (χ0) is 16.6. The standard InChI is InChI=1S/C15H18BrFN2O3S/c16-11-1-2-14(17)13(9-11)15(20)19-6-4-18(5-7-19)12-3-8-23(21,22)10-12/h1-2,9,12H,3-8,10H2. The lowest BCUT2D eigenvalue weighted by atomic mass is 10.1. The number of carbonyl (C=O) groups excluding carboxylic acids is 1. The van der Waals surface area contributed by atoms with Crippen molar-refractivity contribution in [3.8, 4) is 0 Å². The Kier molecular flexibility index (Phi) is 4.75. The molecule has 23 heavy (non-hydrogen) atoms. The average Bonchev–Trinajstić information content (AvgIpc) is 2.89. The van der Waals surface area contributed by atoms with Gasteiger partial charge in [-0.05, 0) is 24.6 Å². The monoisotopic (exact) mass is 404 g/mol. The zero-order valence-electron chi connectivity index (χ0n) is 12.5. The normalized spacial score (nSPS) is 24.8. The van der Waals surface area contributed by atoms with Gasteiger partial charge in [-0.2, -0.15) is 0 Å². The molecule has 2 heterocycles. The summed E-state index contributed by atoms with van der Waals surface area (Å²) >= 11 is 3.25. The Labute approximate surface area is 143 Å². The van der Waals surface area contributed by atoms with Gasteiger partial charge in [0.1, 0.15) is 5.82 Å². The Morgan fingerprint density at radius 2 is 1.91 bits per heavy atom. The van der Waals surface area contributed by atoms with Crippen LogP contribution in [0.3, 0.4) is 0 Å². The molecule has 2 aliphatic rings. The van der Waals surface area contributed by atoms with E-state index in [1.54, 1.807) is 11.0 Å². The van der Waals surface area contributed by atoms with Crippen molar-refractivity contribution in [1.29, 1.82) is 0 Å². The van der Waals surface area contributed by atoms with Crippen LogP contribution in [0.2, 0.25) is 0 Å². The lowest BCUT2D eigenvalue weighted by Gasteiger charge is -2.37. The van der Waals surface area contributed by atoms with E-state index < -0.39 is 15.7 Å². The predicted molar refractivity (Wildman–Crippen MR) is 88.6 cm³/mol. The van der Waals surface area contributed by atoms with Crippen molar-refractivity contribution >= 4 is 31.7 Å². The van der Waals surface area contributed by atoms with Crippen molar-refractivity contribution in [3.05, 3.63) is 34.1 Å². The molecule has 0 aliphatic carbocycles. The van der Waals surface area contributed by atoms with Gasteiger partial charge < -0.3 is 4.90 Å². The molecule has 0 bridgehead atoms. The molecule has 0 saturated carbocycles. The molecule has 2 aliphatic heterocycles. The maximum atomic E-state index is 13.8. The minimum absolute atomic E-state index is 0.0554. The smallest absolute Gasteiger partial charge is 0.256 e. The number of hydrogen-bond acceptors (Lipinski definition) is 4. The molecule has 8 heteroatoms. The van der Waals surface area contributed by atoms with Gasteiger partial charge in [0.15, 0.2) is 9.84 Å². The fourth-order valence-corrected chi connectivity index (χ4v) is 5.31. The van der Waals surface area contributed by atoms with Gasteiger partial charge in [0.05, 0.1) is 17.1 Å². The van der Waals surface area contributed by atoms with Crippen LogP contribution in [0.5, 0.6) is 0 Å². The van der Waals surface area contributed by atoms with E-state index in [1.807, 2.05) is 0 Å². The Balaban J connectivity index is 1.63. The lowest BCUT2D eigenvalue weighted by molar-refractivity contribution is 0.0583. The molecule has 1 atom stereocenters. The number of rotatable bonds is 2. The van der Waals surface area contributed by atoms with Crippen molar-refractivity contribution in [2.45, 2.75) is 12.5 Å². The number of piperazine rings is 1. The molecule has 1 unspecified atom stereocenters. The van der Waals surface area contributed by atoms with Gasteiger partial charge in [0.2, 0.25) is 0 Å². The molecule has 0 radical (unpaired) electrons. The van der Waals surface area contributed by atoms with Crippen LogP contribution < -0.4 is 0 Å². The first-order valence-electron chi connectivity index (χ1n) is 7.54. The van der Waals surface area contributed by atoms with Crippen LogP contribution in [0, 0.1) is 5.82 Å². The van der Waals surface area contributed by atoms with Crippen molar-refractivity contribution in [1.82, 2.24) is 9.80 Å². The summed E-state index contributed by atoms with van der Waals surface area (Å²) in [5.74, 6) is -0.383. The topological polar surface area (TPSA) is 57.7 Å². The number of sulfone groups is 1. The highest BCUT2D eigenvalue weighted by Crippen LogP contribution is 2.21. The van der Waals surface area contributed by atoms with Crippen LogP contribution in [-0.2, 0) is 9.84 Å². The SMILES string of the molecule is O=C(c1cc(Br)ccc1F)N1CCN(C2CCS(=O)(=O)C2)CC1. The maximum Gasteiger partial charge on any atom is 0.256 e. The highest BCUT2D eigenvalue weighted by molar-refractivity contribution is 9.10. The highest BCUT2D eigenvalue weighted by atomic mass is 79.9. The number of hydrogen-bond donors (Lipinski definition) is 0. The van der Waals surface area contributed by atoms with Crippen molar-refractivity contribution in [2.24, 2.45) is 0 Å². The zero-order valence-corrected chi connectivity index (χ0v) is 14.9. The van der Waals surface area contributed by atoms with E-state index in [4.69, 9.17) is 0 Å². The first-order chi connectivity index (χ1) is 10.9. The second-order valence-electron chi connectivity index (χ2n) is 6.01. The fraction of sp³-hybridized carbons (Fsp3) is 0.533. The summed E-state index contributed by atoms with van der Waals surface area (Å²) in [6.07, 6.45) is 0.663. The van der Waals surface area contributed by atoms with Crippen LogP contribution in [0.1, 0.15) is 16.8 Å². The lowest BCUT2D eigenvalue weighted by Crippen LogP contribution is -2.52. The Morgan fingerprint density at radius 1 is 1.22 bits per heavy atom. The molecule has 126 valence electrons. The third-order valence-electron chi connectivity index (χ3n) is 4.49. The first kappa shape index (κ1) is 16.9. The van der Waals surface area contributed by atoms with Crippen LogP contribution >= 0.6 is 15.9 Å². The molecular weight excluding hydrogens is 387 g/mol. The summed E-state index contributed by atoms with van der Waals surface area (Å²) in [5.41, 5.74) is 0.0660. The van der Waals surface area contributed by atoms with E-state index in [2.05, 4.69) is 20.8 Å². The first-order valence-corrected chi connectivity index (χ1v) is 10.2. The van der Waals surface area contributed by atoms with Gasteiger partial charge in [-0.3, -0.25) is 9.69 Å². The summed E-state index contributed by atoms with van der Waals surface area (Å²) in [6, 6.07) is 4.38. The minimum atomic E-state index is -2.91. The van der Waals surface area contributed by atoms with Crippen LogP contribution in [0.4, 0.5) is 4.39 Å². The van der Waals surface area contributed by atoms with Crippen molar-refractivity contribution in [2.75, 3.05) is 37.7 Å². The summed E-state index contributed by atoms with van der Waals surface area (Å²) in [5, 5.41) is 0. The molecule has 1 amide bonds. The average molecular weight is 405 g/mol. The number of amides is 1. The fourth-order valence-electron chi connectivity index (χ4n) is 3.19.